The summed E-state index contributed by atoms with van der Waals surface area (Å²) in [7, 11) is 3.19. The number of carbonyl (C=O) groups excluding carboxylic acids is 1. The fraction of sp³-hybridized carbons (Fsp3) is 0.174. The Balaban J connectivity index is 1.58. The minimum Gasteiger partial charge on any atom is -0.493 e. The van der Waals surface area contributed by atoms with Gasteiger partial charge >= 0.3 is 0 Å². The zero-order valence-electron chi connectivity index (χ0n) is 16.1. The summed E-state index contributed by atoms with van der Waals surface area (Å²) in [6, 6.07) is 23.6. The van der Waals surface area contributed by atoms with Crippen molar-refractivity contribution in [2.45, 2.75) is 6.54 Å². The summed E-state index contributed by atoms with van der Waals surface area (Å²) in [6.45, 7) is 0.609. The Morgan fingerprint density at radius 2 is 1.57 bits per heavy atom. The number of amides is 1. The number of rotatable bonds is 8. The minimum atomic E-state index is -0.0855. The molecule has 0 saturated heterocycles. The van der Waals surface area contributed by atoms with Gasteiger partial charge in [-0.3, -0.25) is 4.79 Å². The van der Waals surface area contributed by atoms with Crippen LogP contribution < -0.4 is 20.1 Å². The SMILES string of the molecule is COc1ccc(CNC(=O)CNc2ccccc2-c2ccccc2)cc1OC. The highest BCUT2D eigenvalue weighted by molar-refractivity contribution is 5.84. The van der Waals surface area contributed by atoms with Crippen LogP contribution in [0.2, 0.25) is 0 Å². The number of para-hydroxylation sites is 1. The molecule has 3 rings (SSSR count). The Hall–Kier alpha value is -3.47. The second-order valence-corrected chi connectivity index (χ2v) is 6.23. The molecule has 144 valence electrons. The molecule has 5 nitrogen and oxygen atoms in total. The van der Waals surface area contributed by atoms with E-state index in [0.29, 0.717) is 18.0 Å². The maximum atomic E-state index is 12.3. The van der Waals surface area contributed by atoms with Crippen LogP contribution in [-0.4, -0.2) is 26.7 Å². The third-order valence-electron chi connectivity index (χ3n) is 4.39. The molecule has 3 aromatic carbocycles. The number of hydrogen-bond donors (Lipinski definition) is 2. The molecule has 0 aromatic heterocycles. The molecule has 0 atom stereocenters. The van der Waals surface area contributed by atoms with E-state index < -0.39 is 0 Å². The lowest BCUT2D eigenvalue weighted by Gasteiger charge is -2.13. The van der Waals surface area contributed by atoms with Crippen molar-refractivity contribution in [3.8, 4) is 22.6 Å². The summed E-state index contributed by atoms with van der Waals surface area (Å²) in [6.07, 6.45) is 0. The molecule has 0 saturated carbocycles. The van der Waals surface area contributed by atoms with E-state index in [-0.39, 0.29) is 12.5 Å². The highest BCUT2D eigenvalue weighted by atomic mass is 16.5. The Labute approximate surface area is 165 Å². The summed E-state index contributed by atoms with van der Waals surface area (Å²) in [4.78, 5) is 12.3. The summed E-state index contributed by atoms with van der Waals surface area (Å²) in [5, 5.41) is 6.15. The molecule has 0 aliphatic heterocycles. The average Bonchev–Trinajstić information content (AvgIpc) is 2.76. The first-order valence-electron chi connectivity index (χ1n) is 9.07. The van der Waals surface area contributed by atoms with Crippen LogP contribution in [0.25, 0.3) is 11.1 Å². The largest absolute Gasteiger partial charge is 0.493 e. The summed E-state index contributed by atoms with van der Waals surface area (Å²) in [5.41, 5.74) is 4.04. The van der Waals surface area contributed by atoms with Gasteiger partial charge in [-0.2, -0.15) is 0 Å². The van der Waals surface area contributed by atoms with Gasteiger partial charge in [-0.05, 0) is 29.3 Å². The summed E-state index contributed by atoms with van der Waals surface area (Å²) < 4.78 is 10.5. The molecule has 0 heterocycles. The van der Waals surface area contributed by atoms with Gasteiger partial charge in [-0.1, -0.05) is 54.6 Å². The van der Waals surface area contributed by atoms with Gasteiger partial charge in [0.05, 0.1) is 20.8 Å². The fourth-order valence-electron chi connectivity index (χ4n) is 2.94. The minimum absolute atomic E-state index is 0.0855. The van der Waals surface area contributed by atoms with Crippen molar-refractivity contribution in [2.75, 3.05) is 26.1 Å². The fourth-order valence-corrected chi connectivity index (χ4v) is 2.94. The average molecular weight is 376 g/mol. The van der Waals surface area contributed by atoms with E-state index in [1.54, 1.807) is 14.2 Å². The Kier molecular flexibility index (Phi) is 6.52. The lowest BCUT2D eigenvalue weighted by Crippen LogP contribution is -2.29. The number of benzene rings is 3. The van der Waals surface area contributed by atoms with Gasteiger partial charge in [-0.15, -0.1) is 0 Å². The highest BCUT2D eigenvalue weighted by Crippen LogP contribution is 2.28. The molecule has 2 N–H and O–H groups in total. The zero-order valence-corrected chi connectivity index (χ0v) is 16.1. The smallest absolute Gasteiger partial charge is 0.239 e. The highest BCUT2D eigenvalue weighted by Gasteiger charge is 2.08. The summed E-state index contributed by atoms with van der Waals surface area (Å²) in [5.74, 6) is 1.22. The van der Waals surface area contributed by atoms with Crippen molar-refractivity contribution in [2.24, 2.45) is 0 Å². The van der Waals surface area contributed by atoms with Crippen LogP contribution in [0, 0.1) is 0 Å². The van der Waals surface area contributed by atoms with Gasteiger partial charge in [0.1, 0.15) is 0 Å². The number of anilines is 1. The van der Waals surface area contributed by atoms with E-state index in [9.17, 15) is 4.79 Å². The first kappa shape index (κ1) is 19.3. The van der Waals surface area contributed by atoms with Crippen LogP contribution >= 0.6 is 0 Å². The topological polar surface area (TPSA) is 59.6 Å². The van der Waals surface area contributed by atoms with E-state index in [4.69, 9.17) is 9.47 Å². The molecule has 0 spiro atoms. The summed E-state index contributed by atoms with van der Waals surface area (Å²) >= 11 is 0. The van der Waals surface area contributed by atoms with Crippen LogP contribution in [-0.2, 0) is 11.3 Å². The predicted molar refractivity (Wildman–Crippen MR) is 112 cm³/mol. The number of nitrogens with one attached hydrogen (secondary N) is 2. The molecule has 28 heavy (non-hydrogen) atoms. The van der Waals surface area contributed by atoms with Gasteiger partial charge in [0.15, 0.2) is 11.5 Å². The molecule has 0 radical (unpaired) electrons. The number of methoxy groups -OCH3 is 2. The molecule has 1 amide bonds. The molecular weight excluding hydrogens is 352 g/mol. The van der Waals surface area contributed by atoms with E-state index in [2.05, 4.69) is 22.8 Å². The van der Waals surface area contributed by atoms with E-state index in [1.165, 1.54) is 0 Å². The monoisotopic (exact) mass is 376 g/mol. The Bertz CT molecular complexity index is 926. The molecule has 0 fully saturated rings. The van der Waals surface area contributed by atoms with Gasteiger partial charge in [0.25, 0.3) is 0 Å². The maximum Gasteiger partial charge on any atom is 0.239 e. The van der Waals surface area contributed by atoms with Crippen LogP contribution in [0.5, 0.6) is 11.5 Å². The molecule has 0 unspecified atom stereocenters. The molecule has 3 aromatic rings. The molecule has 0 aliphatic carbocycles. The number of carbonyl (C=O) groups is 1. The number of hydrogen-bond acceptors (Lipinski definition) is 4. The van der Waals surface area contributed by atoms with E-state index >= 15 is 0 Å². The van der Waals surface area contributed by atoms with Crippen LogP contribution in [0.3, 0.4) is 0 Å². The zero-order chi connectivity index (χ0) is 19.8. The third-order valence-corrected chi connectivity index (χ3v) is 4.39. The van der Waals surface area contributed by atoms with Crippen molar-refractivity contribution in [1.82, 2.24) is 5.32 Å². The Morgan fingerprint density at radius 3 is 2.32 bits per heavy atom. The molecule has 0 aliphatic rings. The van der Waals surface area contributed by atoms with E-state index in [1.807, 2.05) is 60.7 Å². The first-order valence-corrected chi connectivity index (χ1v) is 9.07. The van der Waals surface area contributed by atoms with Crippen molar-refractivity contribution < 1.29 is 14.3 Å². The van der Waals surface area contributed by atoms with Crippen LogP contribution in [0.4, 0.5) is 5.69 Å². The quantitative estimate of drug-likeness (QED) is 0.621. The van der Waals surface area contributed by atoms with Gasteiger partial charge in [0.2, 0.25) is 5.91 Å². The molecule has 5 heteroatoms. The third kappa shape index (κ3) is 4.82. The molecule has 0 bridgehead atoms. The van der Waals surface area contributed by atoms with Crippen molar-refractivity contribution >= 4 is 11.6 Å². The first-order chi connectivity index (χ1) is 13.7. The second-order valence-electron chi connectivity index (χ2n) is 6.23. The lowest BCUT2D eigenvalue weighted by atomic mass is 10.0. The number of ether oxygens (including phenoxy) is 2. The Morgan fingerprint density at radius 1 is 0.857 bits per heavy atom. The predicted octanol–water partition coefficient (Wildman–Crippen LogP) is 4.10. The van der Waals surface area contributed by atoms with Crippen molar-refractivity contribution in [1.29, 1.82) is 0 Å². The van der Waals surface area contributed by atoms with Crippen molar-refractivity contribution in [3.63, 3.8) is 0 Å². The lowest BCUT2D eigenvalue weighted by molar-refractivity contribution is -0.119. The van der Waals surface area contributed by atoms with E-state index in [0.717, 1.165) is 22.4 Å². The van der Waals surface area contributed by atoms with Crippen LogP contribution in [0.1, 0.15) is 5.56 Å². The molecular formula is C23H24N2O3. The standard InChI is InChI=1S/C23H24N2O3/c1-27-21-13-12-17(14-22(21)28-2)15-25-23(26)16-24-20-11-7-6-10-19(20)18-8-4-3-5-9-18/h3-14,24H,15-16H2,1-2H3,(H,25,26). The normalized spacial score (nSPS) is 10.2. The maximum absolute atomic E-state index is 12.3. The second kappa shape index (κ2) is 9.46. The van der Waals surface area contributed by atoms with Gasteiger partial charge < -0.3 is 20.1 Å². The van der Waals surface area contributed by atoms with Gasteiger partial charge in [-0.25, -0.2) is 0 Å². The van der Waals surface area contributed by atoms with Gasteiger partial charge in [0, 0.05) is 17.8 Å². The van der Waals surface area contributed by atoms with Crippen LogP contribution in [0.15, 0.2) is 72.8 Å². The van der Waals surface area contributed by atoms with Crippen molar-refractivity contribution in [3.05, 3.63) is 78.4 Å².